The van der Waals surface area contributed by atoms with Crippen LogP contribution in [0.3, 0.4) is 0 Å². The number of fused-ring (bicyclic) bond motifs is 1. The summed E-state index contributed by atoms with van der Waals surface area (Å²) in [5.74, 6) is 0. The van der Waals surface area contributed by atoms with E-state index < -0.39 is 0 Å². The standard InChI is InChI=1S/C8H4ClO/c9-8-3-1-2-6-4-10-5-7(6)8/h1-4H. The van der Waals surface area contributed by atoms with Crippen LogP contribution in [0.4, 0.5) is 0 Å². The second-order valence-electron chi connectivity index (χ2n) is 2.04. The monoisotopic (exact) mass is 151 g/mol. The maximum atomic E-state index is 5.81. The van der Waals surface area contributed by atoms with Crippen molar-refractivity contribution in [3.05, 3.63) is 35.7 Å². The molecule has 0 atom stereocenters. The summed E-state index contributed by atoms with van der Waals surface area (Å²) in [4.78, 5) is 0. The number of furan rings is 1. The summed E-state index contributed by atoms with van der Waals surface area (Å²) in [6, 6.07) is 5.63. The Morgan fingerprint density at radius 2 is 2.30 bits per heavy atom. The molecule has 2 heteroatoms. The van der Waals surface area contributed by atoms with Gasteiger partial charge in [-0.2, -0.15) is 0 Å². The fourth-order valence-electron chi connectivity index (χ4n) is 0.899. The first-order valence-corrected chi connectivity index (χ1v) is 3.29. The van der Waals surface area contributed by atoms with Gasteiger partial charge in [0, 0.05) is 5.39 Å². The van der Waals surface area contributed by atoms with Gasteiger partial charge in [-0.05, 0) is 6.07 Å². The molecule has 0 aliphatic carbocycles. The Morgan fingerprint density at radius 1 is 1.40 bits per heavy atom. The molecular formula is C8H4ClO. The van der Waals surface area contributed by atoms with Crippen molar-refractivity contribution in [2.45, 2.75) is 0 Å². The third-order valence-electron chi connectivity index (χ3n) is 1.39. The quantitative estimate of drug-likeness (QED) is 0.564. The van der Waals surface area contributed by atoms with Gasteiger partial charge in [0.25, 0.3) is 0 Å². The second kappa shape index (κ2) is 2.03. The molecule has 1 heterocycles. The molecule has 0 spiro atoms. The lowest BCUT2D eigenvalue weighted by molar-refractivity contribution is 0.563. The summed E-state index contributed by atoms with van der Waals surface area (Å²) in [5, 5.41) is 2.53. The molecule has 1 radical (unpaired) electrons. The van der Waals surface area contributed by atoms with E-state index in [1.807, 2.05) is 18.2 Å². The minimum absolute atomic E-state index is 0.686. The van der Waals surface area contributed by atoms with Crippen LogP contribution < -0.4 is 0 Å². The van der Waals surface area contributed by atoms with Gasteiger partial charge in [0.1, 0.15) is 0 Å². The summed E-state index contributed by atoms with van der Waals surface area (Å²) >= 11 is 5.81. The van der Waals surface area contributed by atoms with E-state index in [1.165, 1.54) is 0 Å². The second-order valence-corrected chi connectivity index (χ2v) is 2.45. The van der Waals surface area contributed by atoms with Crippen LogP contribution in [-0.4, -0.2) is 0 Å². The van der Waals surface area contributed by atoms with Gasteiger partial charge < -0.3 is 4.42 Å². The van der Waals surface area contributed by atoms with E-state index in [2.05, 4.69) is 6.26 Å². The lowest BCUT2D eigenvalue weighted by atomic mass is 10.2. The lowest BCUT2D eigenvalue weighted by Gasteiger charge is -1.87. The van der Waals surface area contributed by atoms with Crippen molar-refractivity contribution in [1.82, 2.24) is 0 Å². The molecule has 1 aromatic heterocycles. The summed E-state index contributed by atoms with van der Waals surface area (Å²) in [6.45, 7) is 0. The zero-order chi connectivity index (χ0) is 6.97. The Hall–Kier alpha value is -0.950. The highest BCUT2D eigenvalue weighted by Gasteiger charge is 1.98. The Labute approximate surface area is 63.2 Å². The fraction of sp³-hybridized carbons (Fsp3) is 0. The van der Waals surface area contributed by atoms with Crippen LogP contribution >= 0.6 is 11.6 Å². The van der Waals surface area contributed by atoms with Crippen LogP contribution in [0.1, 0.15) is 0 Å². The summed E-state index contributed by atoms with van der Waals surface area (Å²) < 4.78 is 4.84. The SMILES string of the molecule is Clc1cccc2co[c]c12. The molecule has 0 bridgehead atoms. The van der Waals surface area contributed by atoms with E-state index in [0.717, 1.165) is 10.8 Å². The zero-order valence-corrected chi connectivity index (χ0v) is 5.85. The van der Waals surface area contributed by atoms with Crippen molar-refractivity contribution in [3.63, 3.8) is 0 Å². The highest BCUT2D eigenvalue weighted by Crippen LogP contribution is 2.22. The van der Waals surface area contributed by atoms with E-state index >= 15 is 0 Å². The molecule has 2 rings (SSSR count). The van der Waals surface area contributed by atoms with Crippen LogP contribution in [0, 0.1) is 6.26 Å². The number of halogens is 1. The minimum Gasteiger partial charge on any atom is -0.460 e. The molecule has 0 amide bonds. The predicted molar refractivity (Wildman–Crippen MR) is 40.1 cm³/mol. The molecule has 0 saturated heterocycles. The van der Waals surface area contributed by atoms with E-state index in [-0.39, 0.29) is 0 Å². The Morgan fingerprint density at radius 3 is 3.10 bits per heavy atom. The van der Waals surface area contributed by atoms with Crippen molar-refractivity contribution in [1.29, 1.82) is 0 Å². The molecule has 0 unspecified atom stereocenters. The van der Waals surface area contributed by atoms with Crippen molar-refractivity contribution in [3.8, 4) is 0 Å². The third kappa shape index (κ3) is 0.711. The van der Waals surface area contributed by atoms with E-state index in [0.29, 0.717) is 5.02 Å². The Bertz CT molecular complexity index is 351. The van der Waals surface area contributed by atoms with Crippen LogP contribution in [0.5, 0.6) is 0 Å². The van der Waals surface area contributed by atoms with E-state index in [4.69, 9.17) is 16.0 Å². The van der Waals surface area contributed by atoms with Crippen LogP contribution in [-0.2, 0) is 0 Å². The summed E-state index contributed by atoms with van der Waals surface area (Å²) in [7, 11) is 0. The molecule has 2 aromatic rings. The highest BCUT2D eigenvalue weighted by molar-refractivity contribution is 6.35. The van der Waals surface area contributed by atoms with Crippen molar-refractivity contribution < 1.29 is 4.42 Å². The Kier molecular flexibility index (Phi) is 1.18. The predicted octanol–water partition coefficient (Wildman–Crippen LogP) is 2.89. The molecule has 0 saturated carbocycles. The van der Waals surface area contributed by atoms with Crippen molar-refractivity contribution >= 4 is 22.4 Å². The molecule has 0 aliphatic heterocycles. The summed E-state index contributed by atoms with van der Waals surface area (Å²) in [5.41, 5.74) is 0. The first-order chi connectivity index (χ1) is 4.88. The zero-order valence-electron chi connectivity index (χ0n) is 5.10. The van der Waals surface area contributed by atoms with Gasteiger partial charge >= 0.3 is 0 Å². The molecule has 1 nitrogen and oxygen atoms in total. The molecule has 49 valence electrons. The maximum Gasteiger partial charge on any atom is 0.179 e. The van der Waals surface area contributed by atoms with Crippen molar-refractivity contribution in [2.75, 3.05) is 0 Å². The largest absolute Gasteiger partial charge is 0.460 e. The van der Waals surface area contributed by atoms with E-state index in [1.54, 1.807) is 6.26 Å². The van der Waals surface area contributed by atoms with Crippen molar-refractivity contribution in [2.24, 2.45) is 0 Å². The molecule has 0 N–H and O–H groups in total. The van der Waals surface area contributed by atoms with Gasteiger partial charge in [0.15, 0.2) is 6.26 Å². The van der Waals surface area contributed by atoms with Crippen LogP contribution in [0.15, 0.2) is 28.9 Å². The van der Waals surface area contributed by atoms with E-state index in [9.17, 15) is 0 Å². The highest BCUT2D eigenvalue weighted by atomic mass is 35.5. The number of rotatable bonds is 0. The number of hydrogen-bond acceptors (Lipinski definition) is 1. The molecule has 0 aliphatic rings. The number of hydrogen-bond donors (Lipinski definition) is 0. The molecule has 10 heavy (non-hydrogen) atoms. The average molecular weight is 152 g/mol. The number of benzene rings is 1. The van der Waals surface area contributed by atoms with Gasteiger partial charge in [-0.3, -0.25) is 0 Å². The molecule has 0 fully saturated rings. The van der Waals surface area contributed by atoms with Gasteiger partial charge in [-0.1, -0.05) is 23.7 Å². The first kappa shape index (κ1) is 5.81. The minimum atomic E-state index is 0.686. The van der Waals surface area contributed by atoms with Gasteiger partial charge in [0.05, 0.1) is 16.7 Å². The van der Waals surface area contributed by atoms with Crippen LogP contribution in [0.2, 0.25) is 5.02 Å². The third-order valence-corrected chi connectivity index (χ3v) is 1.71. The van der Waals surface area contributed by atoms with Gasteiger partial charge in [-0.15, -0.1) is 0 Å². The van der Waals surface area contributed by atoms with Crippen LogP contribution in [0.25, 0.3) is 10.8 Å². The maximum absolute atomic E-state index is 5.81. The normalized spacial score (nSPS) is 10.5. The van der Waals surface area contributed by atoms with Gasteiger partial charge in [0.2, 0.25) is 0 Å². The smallest absolute Gasteiger partial charge is 0.179 e. The average Bonchev–Trinajstić information content (AvgIpc) is 2.36. The Balaban J connectivity index is 2.95. The topological polar surface area (TPSA) is 13.1 Å². The molecular weight excluding hydrogens is 148 g/mol. The molecule has 1 aromatic carbocycles. The van der Waals surface area contributed by atoms with Gasteiger partial charge in [-0.25, -0.2) is 0 Å². The first-order valence-electron chi connectivity index (χ1n) is 2.91. The lowest BCUT2D eigenvalue weighted by Crippen LogP contribution is -1.63. The fourth-order valence-corrected chi connectivity index (χ4v) is 1.12. The summed E-state index contributed by atoms with van der Waals surface area (Å²) in [6.07, 6.45) is 4.31.